The second-order valence-electron chi connectivity index (χ2n) is 5.55. The quantitative estimate of drug-likeness (QED) is 0.864. The zero-order valence-corrected chi connectivity index (χ0v) is 14.8. The van der Waals surface area contributed by atoms with Crippen molar-refractivity contribution < 1.29 is 4.79 Å². The summed E-state index contributed by atoms with van der Waals surface area (Å²) in [6.45, 7) is 6.76. The Morgan fingerprint density at radius 2 is 1.73 bits per heavy atom. The van der Waals surface area contributed by atoms with Crippen molar-refractivity contribution in [3.63, 3.8) is 0 Å². The van der Waals surface area contributed by atoms with Crippen LogP contribution in [-0.2, 0) is 0 Å². The molecule has 3 nitrogen and oxygen atoms in total. The van der Waals surface area contributed by atoms with Crippen molar-refractivity contribution in [1.82, 2.24) is 5.32 Å². The Morgan fingerprint density at radius 1 is 1.14 bits per heavy atom. The number of amides is 1. The number of benzene rings is 1. The summed E-state index contributed by atoms with van der Waals surface area (Å²) < 4.78 is 0. The molecule has 2 aromatic rings. The van der Waals surface area contributed by atoms with Gasteiger partial charge in [0.1, 0.15) is 0 Å². The molecule has 0 aliphatic heterocycles. The minimum Gasteiger partial charge on any atom is -0.349 e. The second-order valence-corrected chi connectivity index (χ2v) is 6.84. The third-order valence-corrected chi connectivity index (χ3v) is 4.48. The van der Waals surface area contributed by atoms with Gasteiger partial charge in [-0.2, -0.15) is 0 Å². The van der Waals surface area contributed by atoms with Gasteiger partial charge in [0, 0.05) is 17.5 Å². The minimum absolute atomic E-state index is 0. The van der Waals surface area contributed by atoms with Gasteiger partial charge in [0.2, 0.25) is 0 Å². The number of thiophene rings is 1. The molecule has 120 valence electrons. The van der Waals surface area contributed by atoms with Crippen LogP contribution >= 0.6 is 23.7 Å². The zero-order valence-electron chi connectivity index (χ0n) is 13.1. The number of nitrogens with two attached hydrogens (primary N) is 1. The Bertz CT molecular complexity index is 607. The maximum Gasteiger partial charge on any atom is 0.261 e. The molecule has 1 aromatic carbocycles. The van der Waals surface area contributed by atoms with Crippen molar-refractivity contribution in [2.24, 2.45) is 5.73 Å². The fourth-order valence-electron chi connectivity index (χ4n) is 2.09. The smallest absolute Gasteiger partial charge is 0.261 e. The van der Waals surface area contributed by atoms with Gasteiger partial charge >= 0.3 is 0 Å². The lowest BCUT2D eigenvalue weighted by atomic mass is 9.99. The Hall–Kier alpha value is -1.36. The summed E-state index contributed by atoms with van der Waals surface area (Å²) in [7, 11) is 0. The van der Waals surface area contributed by atoms with Gasteiger partial charge in [0.25, 0.3) is 5.91 Å². The SMILES string of the molecule is Cc1ccc(C(=O)NCC(N)c2ccc(C(C)C)cc2)s1.Cl. The molecule has 1 aromatic heterocycles. The summed E-state index contributed by atoms with van der Waals surface area (Å²) >= 11 is 1.50. The first-order valence-corrected chi connectivity index (χ1v) is 7.99. The lowest BCUT2D eigenvalue weighted by Gasteiger charge is -2.14. The molecule has 0 radical (unpaired) electrons. The molecule has 0 bridgehead atoms. The van der Waals surface area contributed by atoms with Crippen LogP contribution in [0.15, 0.2) is 36.4 Å². The second kappa shape index (κ2) is 8.32. The molecule has 1 unspecified atom stereocenters. The molecule has 0 fully saturated rings. The van der Waals surface area contributed by atoms with E-state index in [-0.39, 0.29) is 24.4 Å². The van der Waals surface area contributed by atoms with Gasteiger partial charge in [-0.25, -0.2) is 0 Å². The van der Waals surface area contributed by atoms with Crippen molar-refractivity contribution >= 4 is 29.7 Å². The van der Waals surface area contributed by atoms with Gasteiger partial charge in [-0.05, 0) is 36.1 Å². The Kier molecular flexibility index (Phi) is 7.07. The molecule has 3 N–H and O–H groups in total. The number of carbonyl (C=O) groups is 1. The highest BCUT2D eigenvalue weighted by Crippen LogP contribution is 2.18. The lowest BCUT2D eigenvalue weighted by Crippen LogP contribution is -2.31. The molecule has 0 aliphatic carbocycles. The maximum atomic E-state index is 12.0. The van der Waals surface area contributed by atoms with Crippen LogP contribution in [0.25, 0.3) is 0 Å². The van der Waals surface area contributed by atoms with E-state index in [2.05, 4.69) is 31.3 Å². The number of rotatable bonds is 5. The van der Waals surface area contributed by atoms with Crippen molar-refractivity contribution in [2.75, 3.05) is 6.54 Å². The highest BCUT2D eigenvalue weighted by Gasteiger charge is 2.11. The van der Waals surface area contributed by atoms with E-state index in [1.165, 1.54) is 16.9 Å². The Morgan fingerprint density at radius 3 is 2.23 bits per heavy atom. The van der Waals surface area contributed by atoms with Crippen molar-refractivity contribution in [3.05, 3.63) is 57.3 Å². The molecular formula is C17H23ClN2OS. The van der Waals surface area contributed by atoms with E-state index in [4.69, 9.17) is 5.73 Å². The van der Waals surface area contributed by atoms with E-state index in [0.29, 0.717) is 12.5 Å². The molecule has 5 heteroatoms. The van der Waals surface area contributed by atoms with E-state index in [1.807, 2.05) is 31.2 Å². The van der Waals surface area contributed by atoms with Crippen LogP contribution in [-0.4, -0.2) is 12.5 Å². The van der Waals surface area contributed by atoms with Gasteiger partial charge < -0.3 is 11.1 Å². The molecule has 0 saturated heterocycles. The summed E-state index contributed by atoms with van der Waals surface area (Å²) in [4.78, 5) is 13.8. The van der Waals surface area contributed by atoms with E-state index < -0.39 is 0 Å². The minimum atomic E-state index is -0.184. The van der Waals surface area contributed by atoms with Crippen LogP contribution in [0.5, 0.6) is 0 Å². The average Bonchev–Trinajstić information content (AvgIpc) is 2.91. The van der Waals surface area contributed by atoms with Gasteiger partial charge in [-0.1, -0.05) is 38.1 Å². The fraction of sp³-hybridized carbons (Fsp3) is 0.353. The van der Waals surface area contributed by atoms with E-state index >= 15 is 0 Å². The Labute approximate surface area is 142 Å². The van der Waals surface area contributed by atoms with Crippen LogP contribution in [0.3, 0.4) is 0 Å². The maximum absolute atomic E-state index is 12.0. The molecule has 0 saturated carbocycles. The number of nitrogens with one attached hydrogen (secondary N) is 1. The van der Waals surface area contributed by atoms with Crippen LogP contribution in [0.1, 0.15) is 51.5 Å². The molecule has 1 amide bonds. The molecule has 22 heavy (non-hydrogen) atoms. The summed E-state index contributed by atoms with van der Waals surface area (Å²) in [6, 6.07) is 11.9. The first-order valence-electron chi connectivity index (χ1n) is 7.17. The van der Waals surface area contributed by atoms with E-state index in [0.717, 1.165) is 15.3 Å². The first-order chi connectivity index (χ1) is 9.97. The number of carbonyl (C=O) groups excluding carboxylic acids is 1. The third kappa shape index (κ3) is 4.83. The van der Waals surface area contributed by atoms with E-state index in [9.17, 15) is 4.79 Å². The molecule has 2 rings (SSSR count). The topological polar surface area (TPSA) is 55.1 Å². The number of hydrogen-bond donors (Lipinski definition) is 2. The van der Waals surface area contributed by atoms with Gasteiger partial charge in [0.15, 0.2) is 0 Å². The lowest BCUT2D eigenvalue weighted by molar-refractivity contribution is 0.0955. The number of aryl methyl sites for hydroxylation is 1. The highest BCUT2D eigenvalue weighted by atomic mass is 35.5. The standard InChI is InChI=1S/C17H22N2OS.ClH/c1-11(2)13-5-7-14(8-6-13)15(18)10-19-17(20)16-9-4-12(3)21-16;/h4-9,11,15H,10,18H2,1-3H3,(H,19,20);1H. The summed E-state index contributed by atoms with van der Waals surface area (Å²) in [6.07, 6.45) is 0. The first kappa shape index (κ1) is 18.7. The van der Waals surface area contributed by atoms with Crippen molar-refractivity contribution in [1.29, 1.82) is 0 Å². The predicted octanol–water partition coefficient (Wildman–Crippen LogP) is 4.03. The molecule has 0 spiro atoms. The van der Waals surface area contributed by atoms with Crippen LogP contribution in [0.2, 0.25) is 0 Å². The van der Waals surface area contributed by atoms with Crippen molar-refractivity contribution in [3.8, 4) is 0 Å². The van der Waals surface area contributed by atoms with Crippen molar-refractivity contribution in [2.45, 2.75) is 32.7 Å². The number of halogens is 1. The molecule has 1 heterocycles. The fourth-order valence-corrected chi connectivity index (χ4v) is 2.88. The molecular weight excluding hydrogens is 316 g/mol. The largest absolute Gasteiger partial charge is 0.349 e. The van der Waals surface area contributed by atoms with Crippen LogP contribution in [0, 0.1) is 6.92 Å². The predicted molar refractivity (Wildman–Crippen MR) is 96.1 cm³/mol. The normalized spacial score (nSPS) is 11.9. The zero-order chi connectivity index (χ0) is 15.4. The van der Waals surface area contributed by atoms with Gasteiger partial charge in [0.05, 0.1) is 4.88 Å². The monoisotopic (exact) mass is 338 g/mol. The average molecular weight is 339 g/mol. The number of hydrogen-bond acceptors (Lipinski definition) is 3. The Balaban J connectivity index is 0.00000242. The van der Waals surface area contributed by atoms with Gasteiger partial charge in [-0.3, -0.25) is 4.79 Å². The highest BCUT2D eigenvalue weighted by molar-refractivity contribution is 7.13. The van der Waals surface area contributed by atoms with Crippen LogP contribution in [0.4, 0.5) is 0 Å². The molecule has 0 aliphatic rings. The molecule has 1 atom stereocenters. The summed E-state index contributed by atoms with van der Waals surface area (Å²) in [5.41, 5.74) is 8.48. The summed E-state index contributed by atoms with van der Waals surface area (Å²) in [5, 5.41) is 2.89. The van der Waals surface area contributed by atoms with Crippen LogP contribution < -0.4 is 11.1 Å². The van der Waals surface area contributed by atoms with E-state index in [1.54, 1.807) is 0 Å². The van der Waals surface area contributed by atoms with Gasteiger partial charge in [-0.15, -0.1) is 23.7 Å². The third-order valence-electron chi connectivity index (χ3n) is 3.48. The summed E-state index contributed by atoms with van der Waals surface area (Å²) in [5.74, 6) is 0.458.